The Labute approximate surface area is 149 Å². The van der Waals surface area contributed by atoms with Crippen molar-refractivity contribution >= 4 is 16.8 Å². The molecule has 0 aliphatic carbocycles. The van der Waals surface area contributed by atoms with E-state index in [9.17, 15) is 4.79 Å². The lowest BCUT2D eigenvalue weighted by atomic mass is 9.83. The molecule has 5 nitrogen and oxygen atoms in total. The summed E-state index contributed by atoms with van der Waals surface area (Å²) in [5.41, 5.74) is 9.26. The minimum absolute atomic E-state index is 0.290. The summed E-state index contributed by atoms with van der Waals surface area (Å²) in [7, 11) is 0. The van der Waals surface area contributed by atoms with Crippen LogP contribution in [0, 0.1) is 11.8 Å². The summed E-state index contributed by atoms with van der Waals surface area (Å²) in [6.07, 6.45) is 4.48. The molecule has 5 heteroatoms. The molecule has 0 radical (unpaired) electrons. The first kappa shape index (κ1) is 16.6. The number of likely N-dealkylation sites (tertiary alicyclic amines) is 1. The van der Waals surface area contributed by atoms with Crippen molar-refractivity contribution in [3.8, 4) is 0 Å². The molecule has 0 bridgehead atoms. The summed E-state index contributed by atoms with van der Waals surface area (Å²) < 4.78 is 0. The van der Waals surface area contributed by atoms with Crippen molar-refractivity contribution in [3.05, 3.63) is 36.0 Å². The van der Waals surface area contributed by atoms with Gasteiger partial charge in [-0.3, -0.25) is 15.6 Å². The molecule has 1 aromatic carbocycles. The summed E-state index contributed by atoms with van der Waals surface area (Å²) in [4.78, 5) is 18.2. The first-order valence-corrected chi connectivity index (χ1v) is 9.47. The molecule has 0 spiro atoms. The molecule has 3 atom stereocenters. The van der Waals surface area contributed by atoms with Crippen LogP contribution in [0.25, 0.3) is 10.9 Å². The zero-order valence-corrected chi connectivity index (χ0v) is 15.1. The predicted octanol–water partition coefficient (Wildman–Crippen LogP) is 2.45. The maximum atomic E-state index is 12.8. The quantitative estimate of drug-likeness (QED) is 0.801. The fourth-order valence-corrected chi connectivity index (χ4v) is 4.46. The highest BCUT2D eigenvalue weighted by molar-refractivity contribution is 5.84. The molecule has 0 saturated carbocycles. The number of hydrogen-bond donors (Lipinski definition) is 3. The van der Waals surface area contributed by atoms with Crippen LogP contribution in [0.5, 0.6) is 0 Å². The van der Waals surface area contributed by atoms with Crippen molar-refractivity contribution in [2.75, 3.05) is 13.1 Å². The number of carbonyl (C=O) groups is 1. The summed E-state index contributed by atoms with van der Waals surface area (Å²) >= 11 is 0. The minimum Gasteiger partial charge on any atom is -0.361 e. The Morgan fingerprint density at radius 2 is 2.12 bits per heavy atom. The maximum absolute atomic E-state index is 12.8. The third-order valence-corrected chi connectivity index (χ3v) is 5.91. The fraction of sp³-hybridized carbons (Fsp3) is 0.550. The predicted molar refractivity (Wildman–Crippen MR) is 100.0 cm³/mol. The Hall–Kier alpha value is -1.85. The number of H-pyrrole nitrogens is 1. The van der Waals surface area contributed by atoms with E-state index in [2.05, 4.69) is 52.8 Å². The van der Waals surface area contributed by atoms with Crippen molar-refractivity contribution in [1.82, 2.24) is 20.7 Å². The van der Waals surface area contributed by atoms with Crippen LogP contribution in [0.1, 0.15) is 32.3 Å². The summed E-state index contributed by atoms with van der Waals surface area (Å²) in [5, 5.41) is 1.23. The van der Waals surface area contributed by atoms with E-state index in [0.29, 0.717) is 30.3 Å². The van der Waals surface area contributed by atoms with Gasteiger partial charge in [-0.15, -0.1) is 0 Å². The van der Waals surface area contributed by atoms with Gasteiger partial charge in [-0.25, -0.2) is 0 Å². The lowest BCUT2D eigenvalue weighted by molar-refractivity contribution is -0.133. The summed E-state index contributed by atoms with van der Waals surface area (Å²) in [6.45, 7) is 6.24. The SMILES string of the molecule is CC(C)C1NNC2CCN(C(=O)CCc3c[nH]c4ccccc34)CC21. The number of piperidine rings is 1. The van der Waals surface area contributed by atoms with Crippen LogP contribution in [-0.2, 0) is 11.2 Å². The minimum atomic E-state index is 0.290. The Morgan fingerprint density at radius 1 is 1.28 bits per heavy atom. The number of nitrogens with one attached hydrogen (secondary N) is 3. The highest BCUT2D eigenvalue weighted by atomic mass is 16.2. The van der Waals surface area contributed by atoms with Crippen LogP contribution in [0.3, 0.4) is 0 Å². The van der Waals surface area contributed by atoms with Gasteiger partial charge in [-0.1, -0.05) is 32.0 Å². The van der Waals surface area contributed by atoms with E-state index in [0.717, 1.165) is 31.4 Å². The second-order valence-electron chi connectivity index (χ2n) is 7.82. The molecule has 25 heavy (non-hydrogen) atoms. The van der Waals surface area contributed by atoms with E-state index in [1.807, 2.05) is 12.3 Å². The Balaban J connectivity index is 1.38. The zero-order valence-electron chi connectivity index (χ0n) is 15.1. The molecule has 4 rings (SSSR count). The first-order chi connectivity index (χ1) is 12.1. The van der Waals surface area contributed by atoms with Gasteiger partial charge in [0.15, 0.2) is 0 Å². The number of carbonyl (C=O) groups excluding carboxylic acids is 1. The number of nitrogens with zero attached hydrogens (tertiary/aromatic N) is 1. The Morgan fingerprint density at radius 3 is 2.96 bits per heavy atom. The van der Waals surface area contributed by atoms with Crippen LogP contribution >= 0.6 is 0 Å². The van der Waals surface area contributed by atoms with Gasteiger partial charge in [0.25, 0.3) is 0 Å². The van der Waals surface area contributed by atoms with Gasteiger partial charge in [0.1, 0.15) is 0 Å². The lowest BCUT2D eigenvalue weighted by Gasteiger charge is -2.37. The average Bonchev–Trinajstić information content (AvgIpc) is 3.23. The van der Waals surface area contributed by atoms with Gasteiger partial charge in [0.2, 0.25) is 5.91 Å². The fourth-order valence-electron chi connectivity index (χ4n) is 4.46. The highest BCUT2D eigenvalue weighted by Crippen LogP contribution is 2.28. The average molecular weight is 340 g/mol. The van der Waals surface area contributed by atoms with Crippen LogP contribution < -0.4 is 10.9 Å². The van der Waals surface area contributed by atoms with Crippen molar-refractivity contribution < 1.29 is 4.79 Å². The Bertz CT molecular complexity index is 753. The number of benzene rings is 1. The number of fused-ring (bicyclic) bond motifs is 2. The molecule has 3 N–H and O–H groups in total. The van der Waals surface area contributed by atoms with Crippen LogP contribution in [0.4, 0.5) is 0 Å². The lowest BCUT2D eigenvalue weighted by Crippen LogP contribution is -2.49. The van der Waals surface area contributed by atoms with E-state index in [4.69, 9.17) is 0 Å². The molecule has 2 fully saturated rings. The number of para-hydroxylation sites is 1. The van der Waals surface area contributed by atoms with Crippen LogP contribution in [0.2, 0.25) is 0 Å². The molecule has 134 valence electrons. The highest BCUT2D eigenvalue weighted by Gasteiger charge is 2.41. The largest absolute Gasteiger partial charge is 0.361 e. The van der Waals surface area contributed by atoms with Gasteiger partial charge in [0.05, 0.1) is 0 Å². The third kappa shape index (κ3) is 3.18. The van der Waals surface area contributed by atoms with Gasteiger partial charge in [0, 0.05) is 54.6 Å². The third-order valence-electron chi connectivity index (χ3n) is 5.91. The number of amides is 1. The van der Waals surface area contributed by atoms with Crippen LogP contribution in [-0.4, -0.2) is 41.0 Å². The molecule has 2 aliphatic rings. The van der Waals surface area contributed by atoms with Gasteiger partial charge in [-0.2, -0.15) is 0 Å². The van der Waals surface area contributed by atoms with E-state index in [1.165, 1.54) is 10.9 Å². The molecule has 1 amide bonds. The number of aromatic amines is 1. The second kappa shape index (κ2) is 6.81. The summed E-state index contributed by atoms with van der Waals surface area (Å²) in [6, 6.07) is 9.25. The maximum Gasteiger partial charge on any atom is 0.222 e. The van der Waals surface area contributed by atoms with E-state index < -0.39 is 0 Å². The number of hydrazine groups is 1. The summed E-state index contributed by atoms with van der Waals surface area (Å²) in [5.74, 6) is 1.38. The van der Waals surface area contributed by atoms with Gasteiger partial charge < -0.3 is 9.88 Å². The molecule has 3 heterocycles. The molecular weight excluding hydrogens is 312 g/mol. The van der Waals surface area contributed by atoms with Gasteiger partial charge in [-0.05, 0) is 30.4 Å². The number of hydrogen-bond acceptors (Lipinski definition) is 3. The van der Waals surface area contributed by atoms with Crippen molar-refractivity contribution in [2.45, 2.75) is 45.2 Å². The van der Waals surface area contributed by atoms with Crippen molar-refractivity contribution in [3.63, 3.8) is 0 Å². The molecule has 2 saturated heterocycles. The molecular formula is C20H28N4O. The zero-order chi connectivity index (χ0) is 17.4. The smallest absolute Gasteiger partial charge is 0.222 e. The standard InChI is InChI=1S/C20H28N4O/c1-13(2)20-16-12-24(10-9-18(16)22-23-20)19(25)8-7-14-11-21-17-6-4-3-5-15(14)17/h3-6,11,13,16,18,20-23H,7-10,12H2,1-2H3. The van der Waals surface area contributed by atoms with E-state index in [-0.39, 0.29) is 5.91 Å². The number of aryl methyl sites for hydroxylation is 1. The first-order valence-electron chi connectivity index (χ1n) is 9.47. The number of aromatic nitrogens is 1. The molecule has 3 unspecified atom stereocenters. The van der Waals surface area contributed by atoms with Crippen molar-refractivity contribution in [2.24, 2.45) is 11.8 Å². The number of rotatable bonds is 4. The van der Waals surface area contributed by atoms with E-state index in [1.54, 1.807) is 0 Å². The van der Waals surface area contributed by atoms with Gasteiger partial charge >= 0.3 is 0 Å². The van der Waals surface area contributed by atoms with Crippen LogP contribution in [0.15, 0.2) is 30.5 Å². The monoisotopic (exact) mass is 340 g/mol. The molecule has 1 aromatic heterocycles. The topological polar surface area (TPSA) is 60.2 Å². The van der Waals surface area contributed by atoms with E-state index >= 15 is 0 Å². The normalized spacial score (nSPS) is 26.4. The second-order valence-corrected chi connectivity index (χ2v) is 7.82. The Kier molecular flexibility index (Phi) is 4.52. The van der Waals surface area contributed by atoms with Crippen molar-refractivity contribution in [1.29, 1.82) is 0 Å². The molecule has 2 aromatic rings. The molecule has 2 aliphatic heterocycles.